The molecule has 0 saturated carbocycles. The van der Waals surface area contributed by atoms with Crippen molar-refractivity contribution < 1.29 is 18.3 Å². The van der Waals surface area contributed by atoms with E-state index in [0.717, 1.165) is 0 Å². The molecule has 0 bridgehead atoms. The quantitative estimate of drug-likeness (QED) is 0.706. The van der Waals surface area contributed by atoms with E-state index in [9.17, 15) is 4.39 Å². The number of pyridine rings is 1. The summed E-state index contributed by atoms with van der Waals surface area (Å²) in [5.74, 6) is 0.931. The van der Waals surface area contributed by atoms with Gasteiger partial charge in [0.15, 0.2) is 11.4 Å². The largest absolute Gasteiger partial charge is 0.497 e. The van der Waals surface area contributed by atoms with Crippen molar-refractivity contribution >= 4 is 0 Å². The average Bonchev–Trinajstić information content (AvgIpc) is 3.00. The molecular formula is C18H14FN3O3. The minimum atomic E-state index is -0.493. The Hall–Kier alpha value is -3.40. The molecule has 3 rings (SSSR count). The third-order valence-electron chi connectivity index (χ3n) is 3.54. The van der Waals surface area contributed by atoms with E-state index in [4.69, 9.17) is 19.2 Å². The first-order chi connectivity index (χ1) is 12.1. The first-order valence-corrected chi connectivity index (χ1v) is 7.40. The van der Waals surface area contributed by atoms with Gasteiger partial charge < -0.3 is 13.9 Å². The fourth-order valence-corrected chi connectivity index (χ4v) is 2.21. The molecule has 0 fully saturated rings. The molecule has 25 heavy (non-hydrogen) atoms. The van der Waals surface area contributed by atoms with Crippen molar-refractivity contribution in [3.05, 3.63) is 59.5 Å². The van der Waals surface area contributed by atoms with Crippen LogP contribution in [0.15, 0.2) is 40.9 Å². The van der Waals surface area contributed by atoms with Crippen LogP contribution in [0.5, 0.6) is 11.5 Å². The summed E-state index contributed by atoms with van der Waals surface area (Å²) in [4.78, 5) is 8.21. The van der Waals surface area contributed by atoms with Gasteiger partial charge in [0, 0.05) is 12.3 Å². The fourth-order valence-electron chi connectivity index (χ4n) is 2.21. The summed E-state index contributed by atoms with van der Waals surface area (Å²) in [6, 6.07) is 9.70. The molecule has 0 atom stereocenters. The standard InChI is InChI=1S/C18H14FN3O3/c1-11-16(10-24-17-4-3-7-21-15(17)9-20)22-18(25-11)13-6-5-12(23-2)8-14(13)19/h3-8H,10H2,1-2H3. The Balaban J connectivity index is 1.82. The Morgan fingerprint density at radius 1 is 1.32 bits per heavy atom. The van der Waals surface area contributed by atoms with Crippen LogP contribution >= 0.6 is 0 Å². The number of methoxy groups -OCH3 is 1. The van der Waals surface area contributed by atoms with Crippen molar-refractivity contribution in [2.24, 2.45) is 0 Å². The number of ether oxygens (including phenoxy) is 2. The average molecular weight is 339 g/mol. The topological polar surface area (TPSA) is 81.2 Å². The second-order valence-electron chi connectivity index (χ2n) is 5.12. The van der Waals surface area contributed by atoms with Crippen molar-refractivity contribution in [1.29, 1.82) is 5.26 Å². The van der Waals surface area contributed by atoms with Gasteiger partial charge in [-0.2, -0.15) is 5.26 Å². The molecule has 2 aromatic heterocycles. The lowest BCUT2D eigenvalue weighted by molar-refractivity contribution is 0.297. The van der Waals surface area contributed by atoms with Crippen LogP contribution in [0.25, 0.3) is 11.5 Å². The monoisotopic (exact) mass is 339 g/mol. The van der Waals surface area contributed by atoms with E-state index in [-0.39, 0.29) is 23.8 Å². The van der Waals surface area contributed by atoms with Crippen molar-refractivity contribution in [2.45, 2.75) is 13.5 Å². The summed E-state index contributed by atoms with van der Waals surface area (Å²) < 4.78 is 30.3. The van der Waals surface area contributed by atoms with E-state index in [0.29, 0.717) is 23.0 Å². The molecule has 3 aromatic rings. The molecule has 6 nitrogen and oxygen atoms in total. The summed E-state index contributed by atoms with van der Waals surface area (Å²) in [5, 5.41) is 9.02. The van der Waals surface area contributed by atoms with Crippen molar-refractivity contribution in [3.63, 3.8) is 0 Å². The Morgan fingerprint density at radius 2 is 2.16 bits per heavy atom. The predicted molar refractivity (Wildman–Crippen MR) is 86.5 cm³/mol. The Labute approximate surface area is 143 Å². The number of aryl methyl sites for hydroxylation is 1. The molecule has 0 aliphatic carbocycles. The molecule has 0 radical (unpaired) electrons. The van der Waals surface area contributed by atoms with E-state index < -0.39 is 5.82 Å². The summed E-state index contributed by atoms with van der Waals surface area (Å²) in [6.07, 6.45) is 1.51. The highest BCUT2D eigenvalue weighted by Gasteiger charge is 2.16. The van der Waals surface area contributed by atoms with Gasteiger partial charge in [0.1, 0.15) is 35.7 Å². The smallest absolute Gasteiger partial charge is 0.229 e. The molecule has 0 amide bonds. The van der Waals surface area contributed by atoms with Gasteiger partial charge in [-0.15, -0.1) is 0 Å². The van der Waals surface area contributed by atoms with Gasteiger partial charge in [-0.3, -0.25) is 0 Å². The second-order valence-corrected chi connectivity index (χ2v) is 5.12. The lowest BCUT2D eigenvalue weighted by Crippen LogP contribution is -2.00. The van der Waals surface area contributed by atoms with E-state index in [1.54, 1.807) is 31.2 Å². The number of rotatable bonds is 5. The molecule has 0 unspecified atom stereocenters. The number of benzene rings is 1. The summed E-state index contributed by atoms with van der Waals surface area (Å²) in [7, 11) is 1.47. The third kappa shape index (κ3) is 3.43. The Bertz CT molecular complexity index is 947. The van der Waals surface area contributed by atoms with Crippen LogP contribution < -0.4 is 9.47 Å². The second kappa shape index (κ2) is 7.01. The van der Waals surface area contributed by atoms with Gasteiger partial charge in [-0.25, -0.2) is 14.4 Å². The number of aromatic nitrogens is 2. The molecule has 2 heterocycles. The maximum Gasteiger partial charge on any atom is 0.229 e. The maximum atomic E-state index is 14.2. The number of hydrogen-bond donors (Lipinski definition) is 0. The molecule has 0 aliphatic heterocycles. The summed E-state index contributed by atoms with van der Waals surface area (Å²) in [5.41, 5.74) is 0.928. The zero-order valence-electron chi connectivity index (χ0n) is 13.6. The van der Waals surface area contributed by atoms with Crippen LogP contribution in [0, 0.1) is 24.1 Å². The van der Waals surface area contributed by atoms with Gasteiger partial charge in [-0.05, 0) is 31.2 Å². The van der Waals surface area contributed by atoms with Crippen LogP contribution in [-0.4, -0.2) is 17.1 Å². The zero-order chi connectivity index (χ0) is 17.8. The van der Waals surface area contributed by atoms with E-state index in [1.807, 2.05) is 6.07 Å². The molecule has 0 N–H and O–H groups in total. The number of hydrogen-bond acceptors (Lipinski definition) is 6. The predicted octanol–water partition coefficient (Wildman–Crippen LogP) is 3.64. The minimum absolute atomic E-state index is 0.0769. The van der Waals surface area contributed by atoms with Gasteiger partial charge in [0.05, 0.1) is 12.7 Å². The number of halogens is 1. The van der Waals surface area contributed by atoms with Crippen molar-refractivity contribution in [3.8, 4) is 29.0 Å². The molecule has 0 aliphatic rings. The lowest BCUT2D eigenvalue weighted by Gasteiger charge is -2.04. The third-order valence-corrected chi connectivity index (χ3v) is 3.54. The van der Waals surface area contributed by atoms with Crippen LogP contribution in [0.1, 0.15) is 17.1 Å². The Kier molecular flexibility index (Phi) is 4.61. The number of nitriles is 1. The minimum Gasteiger partial charge on any atom is -0.497 e. The van der Waals surface area contributed by atoms with Crippen LogP contribution in [0.4, 0.5) is 4.39 Å². The van der Waals surface area contributed by atoms with Crippen LogP contribution in [-0.2, 0) is 6.61 Å². The van der Waals surface area contributed by atoms with E-state index in [2.05, 4.69) is 9.97 Å². The molecular weight excluding hydrogens is 325 g/mol. The Morgan fingerprint density at radius 3 is 2.88 bits per heavy atom. The fraction of sp³-hybridized carbons (Fsp3) is 0.167. The highest BCUT2D eigenvalue weighted by Crippen LogP contribution is 2.28. The van der Waals surface area contributed by atoms with E-state index >= 15 is 0 Å². The van der Waals surface area contributed by atoms with Crippen molar-refractivity contribution in [1.82, 2.24) is 9.97 Å². The normalized spacial score (nSPS) is 10.3. The highest BCUT2D eigenvalue weighted by atomic mass is 19.1. The van der Waals surface area contributed by atoms with Crippen molar-refractivity contribution in [2.75, 3.05) is 7.11 Å². The van der Waals surface area contributed by atoms with Gasteiger partial charge in [0.25, 0.3) is 0 Å². The number of nitrogens with zero attached hydrogens (tertiary/aromatic N) is 3. The first kappa shape index (κ1) is 16.5. The molecule has 126 valence electrons. The SMILES string of the molecule is COc1ccc(-c2nc(COc3cccnc3C#N)c(C)o2)c(F)c1. The van der Waals surface area contributed by atoms with E-state index in [1.165, 1.54) is 19.4 Å². The highest BCUT2D eigenvalue weighted by molar-refractivity contribution is 5.56. The van der Waals surface area contributed by atoms with Crippen LogP contribution in [0.3, 0.4) is 0 Å². The summed E-state index contributed by atoms with van der Waals surface area (Å²) >= 11 is 0. The molecule has 7 heteroatoms. The van der Waals surface area contributed by atoms with Gasteiger partial charge in [0.2, 0.25) is 5.89 Å². The molecule has 0 spiro atoms. The maximum absolute atomic E-state index is 14.2. The molecule has 0 saturated heterocycles. The lowest BCUT2D eigenvalue weighted by atomic mass is 10.2. The van der Waals surface area contributed by atoms with Gasteiger partial charge in [-0.1, -0.05) is 0 Å². The number of oxazole rings is 1. The summed E-state index contributed by atoms with van der Waals surface area (Å²) in [6.45, 7) is 1.79. The van der Waals surface area contributed by atoms with Crippen LogP contribution in [0.2, 0.25) is 0 Å². The van der Waals surface area contributed by atoms with Gasteiger partial charge >= 0.3 is 0 Å². The first-order valence-electron chi connectivity index (χ1n) is 7.40. The zero-order valence-corrected chi connectivity index (χ0v) is 13.6. The molecule has 1 aromatic carbocycles.